The molecule has 2 aliphatic heterocycles. The summed E-state index contributed by atoms with van der Waals surface area (Å²) >= 11 is 0. The number of rotatable bonds is 7. The molecule has 9 nitrogen and oxygen atoms in total. The van der Waals surface area contributed by atoms with Crippen molar-refractivity contribution in [1.82, 2.24) is 4.90 Å². The van der Waals surface area contributed by atoms with Gasteiger partial charge in [0.25, 0.3) is 11.7 Å². The van der Waals surface area contributed by atoms with Crippen LogP contribution in [0, 0.1) is 5.92 Å². The number of benzene rings is 1. The average Bonchev–Trinajstić information content (AvgIpc) is 2.75. The van der Waals surface area contributed by atoms with Crippen LogP contribution in [-0.4, -0.2) is 66.7 Å². The Kier molecular flexibility index (Phi) is 6.29. The number of nitrogens with zero attached hydrogens (tertiary/aromatic N) is 3. The van der Waals surface area contributed by atoms with E-state index < -0.39 is 30.3 Å². The SMILES string of the molecule is CCOC1=C(CC)C=NC2=[N+](C)C(=O)N(CC(=O)Nc3ccc(OC)cc3)C(=O)C12. The predicted molar refractivity (Wildman–Crippen MR) is 111 cm³/mol. The third kappa shape index (κ3) is 3.96. The van der Waals surface area contributed by atoms with Gasteiger partial charge in [0.15, 0.2) is 12.5 Å². The Bertz CT molecular complexity index is 962. The normalized spacial score (nSPS) is 18.5. The molecule has 0 bridgehead atoms. The van der Waals surface area contributed by atoms with Crippen molar-refractivity contribution < 1.29 is 28.4 Å². The molecule has 1 aromatic carbocycles. The molecule has 2 heterocycles. The maximum Gasteiger partial charge on any atom is 0.446 e. The molecular weight excluding hydrogens is 388 g/mol. The summed E-state index contributed by atoms with van der Waals surface area (Å²) in [5.74, 6) is -0.424. The van der Waals surface area contributed by atoms with Gasteiger partial charge in [-0.15, -0.1) is 4.99 Å². The van der Waals surface area contributed by atoms with Crippen LogP contribution >= 0.6 is 0 Å². The van der Waals surface area contributed by atoms with Crippen LogP contribution in [0.4, 0.5) is 10.5 Å². The Balaban J connectivity index is 1.84. The lowest BCUT2D eigenvalue weighted by Gasteiger charge is -2.29. The second-order valence-corrected chi connectivity index (χ2v) is 6.77. The Morgan fingerprint density at radius 2 is 1.93 bits per heavy atom. The summed E-state index contributed by atoms with van der Waals surface area (Å²) < 4.78 is 12.1. The fourth-order valence-corrected chi connectivity index (χ4v) is 3.38. The first-order valence-corrected chi connectivity index (χ1v) is 9.70. The third-order valence-corrected chi connectivity index (χ3v) is 4.92. The van der Waals surface area contributed by atoms with Crippen LogP contribution in [0.1, 0.15) is 20.3 Å². The number of nitrogens with one attached hydrogen (secondary N) is 1. The van der Waals surface area contributed by atoms with E-state index in [1.807, 2.05) is 13.8 Å². The number of hydrogen-bond acceptors (Lipinski definition) is 6. The van der Waals surface area contributed by atoms with Gasteiger partial charge in [0.05, 0.1) is 20.8 Å². The smallest absolute Gasteiger partial charge is 0.446 e. The van der Waals surface area contributed by atoms with Gasteiger partial charge in [0.1, 0.15) is 17.7 Å². The van der Waals surface area contributed by atoms with Crippen LogP contribution < -0.4 is 10.1 Å². The van der Waals surface area contributed by atoms with Gasteiger partial charge >= 0.3 is 11.9 Å². The van der Waals surface area contributed by atoms with Gasteiger partial charge in [0, 0.05) is 11.3 Å². The minimum absolute atomic E-state index is 0.303. The molecule has 0 saturated heterocycles. The van der Waals surface area contributed by atoms with Crippen LogP contribution in [0.2, 0.25) is 0 Å². The summed E-state index contributed by atoms with van der Waals surface area (Å²) in [7, 11) is 3.08. The van der Waals surface area contributed by atoms with Gasteiger partial charge in [-0.25, -0.2) is 4.79 Å². The molecule has 2 aliphatic rings. The number of amidine groups is 1. The average molecular weight is 413 g/mol. The second kappa shape index (κ2) is 8.89. The van der Waals surface area contributed by atoms with E-state index in [4.69, 9.17) is 9.47 Å². The number of fused-ring (bicyclic) bond motifs is 1. The topological polar surface area (TPSA) is 100 Å². The zero-order valence-electron chi connectivity index (χ0n) is 17.5. The molecule has 1 aromatic rings. The predicted octanol–water partition coefficient (Wildman–Crippen LogP) is 2.04. The Morgan fingerprint density at radius 3 is 2.53 bits per heavy atom. The van der Waals surface area contributed by atoms with Crippen molar-refractivity contribution in [2.45, 2.75) is 20.3 Å². The van der Waals surface area contributed by atoms with Gasteiger partial charge in [-0.2, -0.15) is 9.48 Å². The lowest BCUT2D eigenvalue weighted by Crippen LogP contribution is -2.56. The number of ether oxygens (including phenoxy) is 2. The quantitative estimate of drug-likeness (QED) is 0.690. The molecule has 0 aliphatic carbocycles. The van der Waals surface area contributed by atoms with E-state index in [0.29, 0.717) is 36.1 Å². The van der Waals surface area contributed by atoms with Gasteiger partial charge < -0.3 is 14.8 Å². The standard InChI is InChI=1S/C21H24N4O5/c1-5-13-11-22-19-17(18(13)30-6-2)20(27)25(21(28)24(19)3)12-16(26)23-14-7-9-15(29-4)10-8-14/h7-11,17H,5-6,12H2,1-4H3/p+1. The molecule has 0 spiro atoms. The van der Waals surface area contributed by atoms with Crippen molar-refractivity contribution in [3.8, 4) is 5.75 Å². The minimum Gasteiger partial charge on any atom is -0.497 e. The Morgan fingerprint density at radius 1 is 1.23 bits per heavy atom. The zero-order chi connectivity index (χ0) is 21.8. The number of aliphatic imine (C=N–C) groups is 1. The highest BCUT2D eigenvalue weighted by Gasteiger charge is 2.51. The molecule has 3 rings (SSSR count). The Hall–Kier alpha value is -3.49. The number of hydrogen-bond donors (Lipinski definition) is 1. The summed E-state index contributed by atoms with van der Waals surface area (Å²) in [6, 6.07) is 6.15. The summed E-state index contributed by atoms with van der Waals surface area (Å²) in [4.78, 5) is 43.7. The summed E-state index contributed by atoms with van der Waals surface area (Å²) in [6.07, 6.45) is 2.26. The van der Waals surface area contributed by atoms with E-state index in [9.17, 15) is 14.4 Å². The number of allylic oxidation sites excluding steroid dienone is 1. The van der Waals surface area contributed by atoms with Crippen LogP contribution in [0.15, 0.2) is 40.6 Å². The van der Waals surface area contributed by atoms with Crippen molar-refractivity contribution in [1.29, 1.82) is 0 Å². The summed E-state index contributed by atoms with van der Waals surface area (Å²) in [6.45, 7) is 3.73. The molecule has 0 radical (unpaired) electrons. The molecular formula is C21H25N4O5+. The van der Waals surface area contributed by atoms with Gasteiger partial charge in [-0.3, -0.25) is 9.59 Å². The minimum atomic E-state index is -0.846. The highest BCUT2D eigenvalue weighted by Crippen LogP contribution is 2.29. The fraction of sp³-hybridized carbons (Fsp3) is 0.381. The Labute approximate surface area is 174 Å². The second-order valence-electron chi connectivity index (χ2n) is 6.77. The van der Waals surface area contributed by atoms with E-state index in [1.54, 1.807) is 37.6 Å². The maximum atomic E-state index is 13.2. The van der Waals surface area contributed by atoms with Gasteiger partial charge in [-0.1, -0.05) is 6.92 Å². The van der Waals surface area contributed by atoms with E-state index >= 15 is 0 Å². The highest BCUT2D eigenvalue weighted by atomic mass is 16.5. The highest BCUT2D eigenvalue weighted by molar-refractivity contribution is 6.17. The fourth-order valence-electron chi connectivity index (χ4n) is 3.38. The van der Waals surface area contributed by atoms with Crippen molar-refractivity contribution >= 4 is 35.6 Å². The van der Waals surface area contributed by atoms with Crippen LogP contribution in [-0.2, 0) is 14.3 Å². The van der Waals surface area contributed by atoms with E-state index in [1.165, 1.54) is 11.6 Å². The van der Waals surface area contributed by atoms with Crippen molar-refractivity contribution in [3.63, 3.8) is 0 Å². The number of urea groups is 1. The number of amides is 4. The van der Waals surface area contributed by atoms with Crippen molar-refractivity contribution in [2.75, 3.05) is 32.6 Å². The molecule has 158 valence electrons. The van der Waals surface area contributed by atoms with E-state index in [0.717, 1.165) is 10.5 Å². The first-order valence-electron chi connectivity index (χ1n) is 9.70. The molecule has 0 fully saturated rings. The molecule has 4 amide bonds. The first kappa shape index (κ1) is 21.2. The van der Waals surface area contributed by atoms with Crippen LogP contribution in [0.3, 0.4) is 0 Å². The maximum absolute atomic E-state index is 13.2. The monoisotopic (exact) mass is 413 g/mol. The number of methoxy groups -OCH3 is 1. The molecule has 1 atom stereocenters. The number of dihydropyridines is 1. The lowest BCUT2D eigenvalue weighted by molar-refractivity contribution is -0.408. The van der Waals surface area contributed by atoms with Crippen molar-refractivity contribution in [3.05, 3.63) is 35.6 Å². The van der Waals surface area contributed by atoms with E-state index in [-0.39, 0.29) is 0 Å². The first-order chi connectivity index (χ1) is 14.4. The molecule has 0 saturated carbocycles. The number of imide groups is 1. The largest absolute Gasteiger partial charge is 0.497 e. The lowest BCUT2D eigenvalue weighted by atomic mass is 9.94. The number of anilines is 1. The van der Waals surface area contributed by atoms with Crippen molar-refractivity contribution in [2.24, 2.45) is 10.9 Å². The van der Waals surface area contributed by atoms with Crippen LogP contribution in [0.25, 0.3) is 0 Å². The molecule has 0 aromatic heterocycles. The number of carbonyl (C=O) groups excluding carboxylic acids is 3. The molecule has 30 heavy (non-hydrogen) atoms. The van der Waals surface area contributed by atoms with E-state index in [2.05, 4.69) is 10.3 Å². The molecule has 9 heteroatoms. The van der Waals surface area contributed by atoms with Gasteiger partial charge in [0.2, 0.25) is 0 Å². The third-order valence-electron chi connectivity index (χ3n) is 4.92. The number of carbonyl (C=O) groups is 3. The summed E-state index contributed by atoms with van der Waals surface area (Å²) in [5, 5.41) is 2.69. The molecule has 1 unspecified atom stereocenters. The van der Waals surface area contributed by atoms with Crippen LogP contribution in [0.5, 0.6) is 5.75 Å². The summed E-state index contributed by atoms with van der Waals surface area (Å²) in [5.41, 5.74) is 1.33. The molecule has 1 N–H and O–H groups in total. The van der Waals surface area contributed by atoms with Gasteiger partial charge in [-0.05, 0) is 37.6 Å². The zero-order valence-corrected chi connectivity index (χ0v) is 17.5.